The summed E-state index contributed by atoms with van der Waals surface area (Å²) < 4.78 is 11.2. The Morgan fingerprint density at radius 1 is 1.53 bits per heavy atom. The van der Waals surface area contributed by atoms with E-state index in [1.807, 2.05) is 25.2 Å². The Morgan fingerprint density at radius 2 is 2.41 bits per heavy atom. The molecular weight excluding hydrogens is 238 g/mol. The van der Waals surface area contributed by atoms with E-state index in [-0.39, 0.29) is 6.04 Å². The second kappa shape index (κ2) is 5.94. The van der Waals surface area contributed by atoms with Gasteiger partial charge < -0.3 is 14.8 Å². The summed E-state index contributed by atoms with van der Waals surface area (Å²) in [5, 5.41) is 3.86. The number of hydrogen-bond donors (Lipinski definition) is 1. The number of rotatable bonds is 5. The van der Waals surface area contributed by atoms with Crippen LogP contribution in [0.1, 0.15) is 6.42 Å². The maximum absolute atomic E-state index is 5.89. The second-order valence-electron chi connectivity index (χ2n) is 3.85. The van der Waals surface area contributed by atoms with Gasteiger partial charge >= 0.3 is 0 Å². The summed E-state index contributed by atoms with van der Waals surface area (Å²) in [5.74, 6) is 1.74. The van der Waals surface area contributed by atoms with Gasteiger partial charge in [-0.3, -0.25) is 0 Å². The molecule has 1 aliphatic heterocycles. The number of ether oxygens (including phenoxy) is 2. The molecule has 0 aliphatic carbocycles. The Kier molecular flexibility index (Phi) is 4.29. The van der Waals surface area contributed by atoms with E-state index in [0.717, 1.165) is 24.5 Å². The van der Waals surface area contributed by atoms with E-state index in [1.165, 1.54) is 0 Å². The number of hydrogen-bond acceptors (Lipinski definition) is 3. The molecule has 1 aromatic carbocycles. The minimum absolute atomic E-state index is 0.0940. The lowest BCUT2D eigenvalue weighted by Crippen LogP contribution is -2.33. The fourth-order valence-corrected chi connectivity index (χ4v) is 1.90. The first-order valence-electron chi connectivity index (χ1n) is 5.68. The van der Waals surface area contributed by atoms with Gasteiger partial charge in [0.15, 0.2) is 0 Å². The van der Waals surface area contributed by atoms with Crippen LogP contribution in [-0.2, 0) is 4.74 Å². The van der Waals surface area contributed by atoms with Gasteiger partial charge in [-0.1, -0.05) is 17.7 Å². The lowest BCUT2D eigenvalue weighted by molar-refractivity contribution is 0.187. The van der Waals surface area contributed by atoms with Crippen LogP contribution < -0.4 is 10.1 Å². The van der Waals surface area contributed by atoms with Crippen molar-refractivity contribution in [2.45, 2.75) is 12.5 Å². The van der Waals surface area contributed by atoms with Gasteiger partial charge in [-0.05, 0) is 31.3 Å². The molecule has 1 aromatic rings. The van der Waals surface area contributed by atoms with Crippen LogP contribution in [0.15, 0.2) is 36.1 Å². The average molecular weight is 254 g/mol. The first-order valence-corrected chi connectivity index (χ1v) is 6.06. The summed E-state index contributed by atoms with van der Waals surface area (Å²) >= 11 is 5.89. The minimum Gasteiger partial charge on any atom is -0.496 e. The van der Waals surface area contributed by atoms with Gasteiger partial charge in [-0.15, -0.1) is 0 Å². The molecule has 1 heterocycles. The summed E-state index contributed by atoms with van der Waals surface area (Å²) in [5.41, 5.74) is 0. The van der Waals surface area contributed by atoms with Crippen molar-refractivity contribution >= 4 is 11.6 Å². The van der Waals surface area contributed by atoms with E-state index in [4.69, 9.17) is 21.1 Å². The minimum atomic E-state index is 0.0940. The molecular formula is C13H16ClNO2. The molecule has 0 radical (unpaired) electrons. The van der Waals surface area contributed by atoms with E-state index in [1.54, 1.807) is 6.07 Å². The fourth-order valence-electron chi connectivity index (χ4n) is 1.72. The fraction of sp³-hybridized carbons (Fsp3) is 0.385. The highest BCUT2D eigenvalue weighted by molar-refractivity contribution is 6.30. The number of nitrogens with one attached hydrogen (secondary N) is 1. The standard InChI is InChI=1S/C13H16ClNO2/c1-15-12(13-6-3-7-16-13)9-17-11-5-2-4-10(14)8-11/h2,4-6,8,12,15H,3,7,9H2,1H3. The molecule has 0 spiro atoms. The lowest BCUT2D eigenvalue weighted by atomic mass is 10.2. The number of halogens is 1. The average Bonchev–Trinajstić information content (AvgIpc) is 2.84. The highest BCUT2D eigenvalue weighted by Crippen LogP contribution is 2.19. The van der Waals surface area contributed by atoms with Crippen LogP contribution in [0.5, 0.6) is 5.75 Å². The largest absolute Gasteiger partial charge is 0.496 e. The van der Waals surface area contributed by atoms with Crippen molar-refractivity contribution in [1.82, 2.24) is 5.32 Å². The van der Waals surface area contributed by atoms with Crippen LogP contribution >= 0.6 is 11.6 Å². The van der Waals surface area contributed by atoms with Crippen LogP contribution in [0.4, 0.5) is 0 Å². The Hall–Kier alpha value is -1.19. The monoisotopic (exact) mass is 253 g/mol. The van der Waals surface area contributed by atoms with E-state index in [2.05, 4.69) is 11.4 Å². The third-order valence-corrected chi connectivity index (χ3v) is 2.87. The predicted octanol–water partition coefficient (Wildman–Crippen LogP) is 2.61. The predicted molar refractivity (Wildman–Crippen MR) is 68.4 cm³/mol. The van der Waals surface area contributed by atoms with Crippen LogP contribution in [0.25, 0.3) is 0 Å². The molecule has 4 heteroatoms. The normalized spacial score (nSPS) is 16.2. The zero-order valence-electron chi connectivity index (χ0n) is 9.78. The molecule has 0 bridgehead atoms. The highest BCUT2D eigenvalue weighted by atomic mass is 35.5. The molecule has 3 nitrogen and oxygen atoms in total. The quantitative estimate of drug-likeness (QED) is 0.875. The van der Waals surface area contributed by atoms with Gasteiger partial charge in [0.1, 0.15) is 18.1 Å². The van der Waals surface area contributed by atoms with Crippen LogP contribution in [0.2, 0.25) is 5.02 Å². The third-order valence-electron chi connectivity index (χ3n) is 2.64. The summed E-state index contributed by atoms with van der Waals surface area (Å²) in [6.07, 6.45) is 3.08. The smallest absolute Gasteiger partial charge is 0.120 e. The Morgan fingerprint density at radius 3 is 3.06 bits per heavy atom. The van der Waals surface area contributed by atoms with Crippen molar-refractivity contribution in [1.29, 1.82) is 0 Å². The van der Waals surface area contributed by atoms with Gasteiger partial charge in [-0.2, -0.15) is 0 Å². The summed E-state index contributed by atoms with van der Waals surface area (Å²) in [4.78, 5) is 0. The van der Waals surface area contributed by atoms with Crippen molar-refractivity contribution in [2.75, 3.05) is 20.3 Å². The number of likely N-dealkylation sites (N-methyl/N-ethyl adjacent to an activating group) is 1. The van der Waals surface area contributed by atoms with Gasteiger partial charge in [0.05, 0.1) is 12.6 Å². The zero-order chi connectivity index (χ0) is 12.1. The van der Waals surface area contributed by atoms with Crippen molar-refractivity contribution in [2.24, 2.45) is 0 Å². The van der Waals surface area contributed by atoms with Gasteiger partial charge in [0.25, 0.3) is 0 Å². The topological polar surface area (TPSA) is 30.5 Å². The van der Waals surface area contributed by atoms with E-state index in [9.17, 15) is 0 Å². The Balaban J connectivity index is 1.91. The van der Waals surface area contributed by atoms with E-state index >= 15 is 0 Å². The lowest BCUT2D eigenvalue weighted by Gasteiger charge is -2.18. The molecule has 0 saturated carbocycles. The molecule has 1 atom stereocenters. The zero-order valence-corrected chi connectivity index (χ0v) is 10.5. The summed E-state index contributed by atoms with van der Waals surface area (Å²) in [7, 11) is 1.90. The molecule has 17 heavy (non-hydrogen) atoms. The second-order valence-corrected chi connectivity index (χ2v) is 4.29. The van der Waals surface area contributed by atoms with Crippen LogP contribution in [-0.4, -0.2) is 26.3 Å². The summed E-state index contributed by atoms with van der Waals surface area (Å²) in [6.45, 7) is 1.30. The molecule has 1 N–H and O–H groups in total. The maximum Gasteiger partial charge on any atom is 0.120 e. The van der Waals surface area contributed by atoms with Crippen molar-refractivity contribution < 1.29 is 9.47 Å². The molecule has 1 aliphatic rings. The molecule has 0 saturated heterocycles. The molecule has 1 unspecified atom stereocenters. The van der Waals surface area contributed by atoms with Crippen molar-refractivity contribution in [3.05, 3.63) is 41.1 Å². The number of benzene rings is 1. The first kappa shape index (κ1) is 12.3. The highest BCUT2D eigenvalue weighted by Gasteiger charge is 2.17. The van der Waals surface area contributed by atoms with Crippen LogP contribution in [0.3, 0.4) is 0 Å². The van der Waals surface area contributed by atoms with E-state index < -0.39 is 0 Å². The molecule has 92 valence electrons. The van der Waals surface area contributed by atoms with Gasteiger partial charge in [-0.25, -0.2) is 0 Å². The maximum atomic E-state index is 5.89. The molecule has 0 aromatic heterocycles. The van der Waals surface area contributed by atoms with Gasteiger partial charge in [0.2, 0.25) is 0 Å². The SMILES string of the molecule is CNC(COc1cccc(Cl)c1)C1=CCCO1. The summed E-state index contributed by atoms with van der Waals surface area (Å²) in [6, 6.07) is 7.49. The third kappa shape index (κ3) is 3.38. The Labute approximate surface area is 106 Å². The van der Waals surface area contributed by atoms with Gasteiger partial charge in [0, 0.05) is 11.4 Å². The Bertz CT molecular complexity index is 406. The molecule has 0 fully saturated rings. The van der Waals surface area contributed by atoms with Crippen LogP contribution in [0, 0.1) is 0 Å². The molecule has 2 rings (SSSR count). The van der Waals surface area contributed by atoms with Crippen molar-refractivity contribution in [3.63, 3.8) is 0 Å². The first-order chi connectivity index (χ1) is 8.29. The van der Waals surface area contributed by atoms with E-state index in [0.29, 0.717) is 11.6 Å². The van der Waals surface area contributed by atoms with Crippen molar-refractivity contribution in [3.8, 4) is 5.75 Å². The molecule has 0 amide bonds.